The molecule has 104 valence electrons. The largest absolute Gasteiger partial charge is 0.444 e. The van der Waals surface area contributed by atoms with Gasteiger partial charge >= 0.3 is 6.09 Å². The molecule has 0 saturated heterocycles. The molecule has 0 spiro atoms. The number of aliphatic hydroxyl groups excluding tert-OH is 1. The van der Waals surface area contributed by atoms with Gasteiger partial charge in [-0.25, -0.2) is 10.2 Å². The minimum atomic E-state index is -0.695. The Kier molecular flexibility index (Phi) is 5.71. The minimum Gasteiger partial charge on any atom is -0.444 e. The first kappa shape index (κ1) is 14.9. The van der Waals surface area contributed by atoms with E-state index in [4.69, 9.17) is 9.84 Å². The molecule has 8 heteroatoms. The van der Waals surface area contributed by atoms with Crippen molar-refractivity contribution in [1.29, 1.82) is 0 Å². The number of nitro groups is 1. The van der Waals surface area contributed by atoms with Gasteiger partial charge in [-0.1, -0.05) is 0 Å². The van der Waals surface area contributed by atoms with E-state index in [1.807, 2.05) is 0 Å². The Labute approximate surface area is 109 Å². The van der Waals surface area contributed by atoms with E-state index in [0.29, 0.717) is 5.56 Å². The topological polar surface area (TPSA) is 114 Å². The van der Waals surface area contributed by atoms with Gasteiger partial charge in [-0.05, 0) is 24.6 Å². The lowest BCUT2D eigenvalue weighted by Gasteiger charge is -2.09. The molecule has 19 heavy (non-hydrogen) atoms. The van der Waals surface area contributed by atoms with Crippen molar-refractivity contribution in [3.8, 4) is 0 Å². The predicted octanol–water partition coefficient (Wildman–Crippen LogP) is 0.706. The zero-order chi connectivity index (χ0) is 14.3. The maximum absolute atomic E-state index is 11.2. The summed E-state index contributed by atoms with van der Waals surface area (Å²) in [7, 11) is 0. The Morgan fingerprint density at radius 1 is 1.47 bits per heavy atom. The van der Waals surface area contributed by atoms with E-state index in [-0.39, 0.29) is 18.8 Å². The number of carbonyl (C=O) groups excluding carboxylic acids is 1. The van der Waals surface area contributed by atoms with Crippen molar-refractivity contribution in [3.63, 3.8) is 0 Å². The second kappa shape index (κ2) is 7.29. The molecule has 0 fully saturated rings. The molecule has 1 aromatic carbocycles. The van der Waals surface area contributed by atoms with Crippen LogP contribution >= 0.6 is 0 Å². The molecule has 3 N–H and O–H groups in total. The van der Waals surface area contributed by atoms with Crippen molar-refractivity contribution in [3.05, 3.63) is 39.9 Å². The number of hydrogen-bond donors (Lipinski definition) is 3. The first-order valence-corrected chi connectivity index (χ1v) is 5.56. The SMILES string of the molecule is CC(O)CNNC(=O)OCc1ccc([N+](=O)[O-])cc1. The van der Waals surface area contributed by atoms with Crippen LogP contribution in [0.15, 0.2) is 24.3 Å². The molecular weight excluding hydrogens is 254 g/mol. The third-order valence-electron chi connectivity index (χ3n) is 2.11. The van der Waals surface area contributed by atoms with E-state index in [2.05, 4.69) is 10.9 Å². The Morgan fingerprint density at radius 3 is 2.63 bits per heavy atom. The standard InChI is InChI=1S/C11H15N3O5/c1-8(15)6-12-13-11(16)19-7-9-2-4-10(5-3-9)14(17)18/h2-5,8,12,15H,6-7H2,1H3,(H,13,16). The third-order valence-corrected chi connectivity index (χ3v) is 2.11. The van der Waals surface area contributed by atoms with E-state index < -0.39 is 17.1 Å². The average molecular weight is 269 g/mol. The van der Waals surface area contributed by atoms with Gasteiger partial charge in [0.25, 0.3) is 5.69 Å². The lowest BCUT2D eigenvalue weighted by Crippen LogP contribution is -2.41. The van der Waals surface area contributed by atoms with Gasteiger partial charge < -0.3 is 9.84 Å². The van der Waals surface area contributed by atoms with Gasteiger partial charge in [0.1, 0.15) is 6.61 Å². The zero-order valence-electron chi connectivity index (χ0n) is 10.3. The number of nitrogens with one attached hydrogen (secondary N) is 2. The normalized spacial score (nSPS) is 11.7. The monoisotopic (exact) mass is 269 g/mol. The van der Waals surface area contributed by atoms with E-state index in [0.717, 1.165) is 0 Å². The molecule has 0 saturated carbocycles. The van der Waals surface area contributed by atoms with Gasteiger partial charge in [-0.3, -0.25) is 15.5 Å². The Hall–Kier alpha value is -2.19. The van der Waals surface area contributed by atoms with E-state index in [9.17, 15) is 14.9 Å². The maximum atomic E-state index is 11.2. The molecule has 1 aromatic rings. The fraction of sp³-hybridized carbons (Fsp3) is 0.364. The minimum absolute atomic E-state index is 0.000185. The van der Waals surface area contributed by atoms with Crippen LogP contribution in [0.2, 0.25) is 0 Å². The molecule has 0 heterocycles. The molecule has 0 radical (unpaired) electrons. The van der Waals surface area contributed by atoms with E-state index in [1.54, 1.807) is 6.92 Å². The second-order valence-electron chi connectivity index (χ2n) is 3.85. The van der Waals surface area contributed by atoms with Crippen molar-refractivity contribution < 1.29 is 19.6 Å². The van der Waals surface area contributed by atoms with Gasteiger partial charge in [0.05, 0.1) is 11.0 Å². The molecular formula is C11H15N3O5. The number of aliphatic hydroxyl groups is 1. The lowest BCUT2D eigenvalue weighted by atomic mass is 10.2. The molecule has 1 atom stereocenters. The van der Waals surface area contributed by atoms with Crippen molar-refractivity contribution in [2.45, 2.75) is 19.6 Å². The highest BCUT2D eigenvalue weighted by Crippen LogP contribution is 2.12. The Bertz CT molecular complexity index is 432. The molecule has 0 bridgehead atoms. The van der Waals surface area contributed by atoms with Gasteiger partial charge in [-0.2, -0.15) is 0 Å². The summed E-state index contributed by atoms with van der Waals surface area (Å²) in [6, 6.07) is 5.69. The molecule has 1 unspecified atom stereocenters. The predicted molar refractivity (Wildman–Crippen MR) is 66.1 cm³/mol. The summed E-state index contributed by atoms with van der Waals surface area (Å²) >= 11 is 0. The van der Waals surface area contributed by atoms with Crippen LogP contribution in [-0.2, 0) is 11.3 Å². The molecule has 0 aliphatic carbocycles. The first-order chi connectivity index (χ1) is 8.99. The van der Waals surface area contributed by atoms with Gasteiger partial charge in [0.2, 0.25) is 0 Å². The highest BCUT2D eigenvalue weighted by Gasteiger charge is 2.06. The summed E-state index contributed by atoms with van der Waals surface area (Å²) < 4.78 is 4.85. The van der Waals surface area contributed by atoms with Crippen LogP contribution in [-0.4, -0.2) is 28.8 Å². The number of rotatable bonds is 6. The van der Waals surface area contributed by atoms with Crippen molar-refractivity contribution >= 4 is 11.8 Å². The number of hydrogen-bond acceptors (Lipinski definition) is 6. The smallest absolute Gasteiger partial charge is 0.421 e. The van der Waals surface area contributed by atoms with Crippen LogP contribution in [0.4, 0.5) is 10.5 Å². The molecule has 0 aromatic heterocycles. The maximum Gasteiger partial charge on any atom is 0.421 e. The second-order valence-corrected chi connectivity index (χ2v) is 3.85. The first-order valence-electron chi connectivity index (χ1n) is 5.56. The van der Waals surface area contributed by atoms with E-state index in [1.165, 1.54) is 24.3 Å². The van der Waals surface area contributed by atoms with Crippen molar-refractivity contribution in [1.82, 2.24) is 10.9 Å². The summed E-state index contributed by atoms with van der Waals surface area (Å²) in [6.45, 7) is 1.77. The number of hydrazine groups is 1. The third kappa shape index (κ3) is 5.80. The molecule has 0 aliphatic heterocycles. The van der Waals surface area contributed by atoms with Gasteiger partial charge in [0.15, 0.2) is 0 Å². The molecule has 1 rings (SSSR count). The van der Waals surface area contributed by atoms with Crippen LogP contribution in [0.3, 0.4) is 0 Å². The van der Waals surface area contributed by atoms with Crippen LogP contribution in [0.5, 0.6) is 0 Å². The average Bonchev–Trinajstić information content (AvgIpc) is 2.36. The summed E-state index contributed by atoms with van der Waals surface area (Å²) in [5.74, 6) is 0. The van der Waals surface area contributed by atoms with E-state index >= 15 is 0 Å². The Balaban J connectivity index is 2.32. The van der Waals surface area contributed by atoms with Crippen LogP contribution < -0.4 is 10.9 Å². The molecule has 0 aliphatic rings. The zero-order valence-corrected chi connectivity index (χ0v) is 10.3. The number of nitrogens with zero attached hydrogens (tertiary/aromatic N) is 1. The van der Waals surface area contributed by atoms with Crippen molar-refractivity contribution in [2.24, 2.45) is 0 Å². The fourth-order valence-electron chi connectivity index (χ4n) is 1.17. The number of nitro benzene ring substituents is 1. The summed E-state index contributed by atoms with van der Waals surface area (Å²) in [4.78, 5) is 21.1. The van der Waals surface area contributed by atoms with Gasteiger partial charge in [-0.15, -0.1) is 0 Å². The lowest BCUT2D eigenvalue weighted by molar-refractivity contribution is -0.384. The number of carbonyl (C=O) groups is 1. The number of ether oxygens (including phenoxy) is 1. The number of benzene rings is 1. The van der Waals surface area contributed by atoms with Crippen LogP contribution in [0, 0.1) is 10.1 Å². The number of amides is 1. The fourth-order valence-corrected chi connectivity index (χ4v) is 1.17. The quantitative estimate of drug-likeness (QED) is 0.517. The van der Waals surface area contributed by atoms with Crippen molar-refractivity contribution in [2.75, 3.05) is 6.54 Å². The summed E-state index contributed by atoms with van der Waals surface area (Å²) in [5, 5.41) is 19.4. The van der Waals surface area contributed by atoms with Crippen LogP contribution in [0.25, 0.3) is 0 Å². The molecule has 1 amide bonds. The summed E-state index contributed by atoms with van der Waals surface area (Å²) in [5.41, 5.74) is 5.33. The van der Waals surface area contributed by atoms with Crippen LogP contribution in [0.1, 0.15) is 12.5 Å². The summed E-state index contributed by atoms with van der Waals surface area (Å²) in [6.07, 6.45) is -1.28. The number of non-ortho nitro benzene ring substituents is 1. The van der Waals surface area contributed by atoms with Gasteiger partial charge in [0, 0.05) is 18.7 Å². The molecule has 8 nitrogen and oxygen atoms in total. The Morgan fingerprint density at radius 2 is 2.11 bits per heavy atom. The highest BCUT2D eigenvalue weighted by molar-refractivity contribution is 5.66. The highest BCUT2D eigenvalue weighted by atomic mass is 16.6.